The molecule has 2 aliphatic carbocycles. The Balaban J connectivity index is 1.94. The summed E-state index contributed by atoms with van der Waals surface area (Å²) in [5, 5.41) is 0. The van der Waals surface area contributed by atoms with Gasteiger partial charge in [-0.3, -0.25) is 9.59 Å². The summed E-state index contributed by atoms with van der Waals surface area (Å²) < 4.78 is 10.2. The smallest absolute Gasteiger partial charge is 0.310 e. The van der Waals surface area contributed by atoms with E-state index < -0.39 is 11.8 Å². The maximum Gasteiger partial charge on any atom is 0.310 e. The highest BCUT2D eigenvalue weighted by Gasteiger charge is 2.58. The molecule has 4 unspecified atom stereocenters. The van der Waals surface area contributed by atoms with E-state index in [1.165, 1.54) is 19.8 Å². The molecule has 28 heavy (non-hydrogen) atoms. The lowest BCUT2D eigenvalue weighted by molar-refractivity contribution is -0.160. The van der Waals surface area contributed by atoms with Gasteiger partial charge in [-0.1, -0.05) is 66.2 Å². The maximum absolute atomic E-state index is 12.6. The van der Waals surface area contributed by atoms with Crippen LogP contribution in [0.25, 0.3) is 5.57 Å². The van der Waals surface area contributed by atoms with Gasteiger partial charge in [0, 0.05) is 0 Å². The van der Waals surface area contributed by atoms with Crippen molar-refractivity contribution in [1.82, 2.24) is 0 Å². The van der Waals surface area contributed by atoms with Gasteiger partial charge in [-0.2, -0.15) is 0 Å². The first-order valence-electron chi connectivity index (χ1n) is 9.68. The SMILES string of the molecule is COC(=O)C1C2CCC(C2=C(c2ccccc2)c2ccccc2)C1C(=O)OC. The molecule has 0 amide bonds. The summed E-state index contributed by atoms with van der Waals surface area (Å²) in [6.07, 6.45) is 1.77. The Morgan fingerprint density at radius 3 is 1.46 bits per heavy atom. The summed E-state index contributed by atoms with van der Waals surface area (Å²) >= 11 is 0. The number of benzene rings is 2. The molecule has 4 atom stereocenters. The van der Waals surface area contributed by atoms with Gasteiger partial charge < -0.3 is 9.47 Å². The van der Waals surface area contributed by atoms with Gasteiger partial charge in [-0.05, 0) is 41.4 Å². The third kappa shape index (κ3) is 2.93. The molecule has 0 N–H and O–H groups in total. The summed E-state index contributed by atoms with van der Waals surface area (Å²) in [6, 6.07) is 20.4. The normalized spacial score (nSPS) is 25.4. The van der Waals surface area contributed by atoms with Crippen molar-refractivity contribution >= 4 is 17.5 Å². The van der Waals surface area contributed by atoms with Crippen molar-refractivity contribution in [3.8, 4) is 0 Å². The molecule has 144 valence electrons. The predicted octanol–water partition coefficient (Wildman–Crippen LogP) is 4.11. The van der Waals surface area contributed by atoms with Crippen LogP contribution in [0.1, 0.15) is 24.0 Å². The molecule has 4 nitrogen and oxygen atoms in total. The largest absolute Gasteiger partial charge is 0.469 e. The average Bonchev–Trinajstić information content (AvgIpc) is 3.30. The summed E-state index contributed by atoms with van der Waals surface area (Å²) in [5.41, 5.74) is 4.54. The van der Waals surface area contributed by atoms with Crippen LogP contribution in [0.4, 0.5) is 0 Å². The van der Waals surface area contributed by atoms with E-state index >= 15 is 0 Å². The monoisotopic (exact) mass is 376 g/mol. The van der Waals surface area contributed by atoms with Crippen LogP contribution < -0.4 is 0 Å². The molecule has 0 aromatic heterocycles. The summed E-state index contributed by atoms with van der Waals surface area (Å²) in [5.74, 6) is -1.60. The van der Waals surface area contributed by atoms with Crippen molar-refractivity contribution in [2.45, 2.75) is 12.8 Å². The zero-order chi connectivity index (χ0) is 19.7. The standard InChI is InChI=1S/C24H24O4/c1-27-23(25)21-17-13-14-18(22(21)24(26)28-2)20(17)19(15-9-5-3-6-10-15)16-11-7-4-8-12-16/h3-12,17-18,21-22H,13-14H2,1-2H3. The molecule has 2 saturated carbocycles. The first-order chi connectivity index (χ1) is 13.7. The molecule has 0 aliphatic heterocycles. The van der Waals surface area contributed by atoms with Crippen LogP contribution in [0.3, 0.4) is 0 Å². The minimum absolute atomic E-state index is 0.00281. The fourth-order valence-electron chi connectivity index (χ4n) is 5.17. The number of ether oxygens (including phenoxy) is 2. The molecule has 0 saturated heterocycles. The van der Waals surface area contributed by atoms with Gasteiger partial charge in [0.2, 0.25) is 0 Å². The summed E-state index contributed by atoms with van der Waals surface area (Å²) in [7, 11) is 2.78. The van der Waals surface area contributed by atoms with Crippen LogP contribution in [0.15, 0.2) is 66.2 Å². The van der Waals surface area contributed by atoms with Crippen LogP contribution in [0.5, 0.6) is 0 Å². The van der Waals surface area contributed by atoms with E-state index in [0.29, 0.717) is 0 Å². The van der Waals surface area contributed by atoms with Gasteiger partial charge in [-0.25, -0.2) is 0 Å². The van der Waals surface area contributed by atoms with E-state index in [0.717, 1.165) is 29.5 Å². The highest BCUT2D eigenvalue weighted by atomic mass is 16.5. The number of fused-ring (bicyclic) bond motifs is 2. The quantitative estimate of drug-likeness (QED) is 0.754. The number of carbonyl (C=O) groups excluding carboxylic acids is 2. The van der Waals surface area contributed by atoms with Crippen molar-refractivity contribution in [2.75, 3.05) is 14.2 Å². The number of esters is 2. The lowest BCUT2D eigenvalue weighted by Gasteiger charge is -2.26. The second-order valence-electron chi connectivity index (χ2n) is 7.45. The number of hydrogen-bond acceptors (Lipinski definition) is 4. The van der Waals surface area contributed by atoms with Gasteiger partial charge in [0.25, 0.3) is 0 Å². The molecule has 4 rings (SSSR count). The predicted molar refractivity (Wildman–Crippen MR) is 106 cm³/mol. The Labute approximate surface area is 165 Å². The molecule has 0 radical (unpaired) electrons. The van der Waals surface area contributed by atoms with Crippen molar-refractivity contribution in [2.24, 2.45) is 23.7 Å². The third-order valence-corrected chi connectivity index (χ3v) is 6.20. The van der Waals surface area contributed by atoms with Crippen molar-refractivity contribution in [1.29, 1.82) is 0 Å². The lowest BCUT2D eigenvalue weighted by atomic mass is 9.79. The Morgan fingerprint density at radius 1 is 0.714 bits per heavy atom. The third-order valence-electron chi connectivity index (χ3n) is 6.20. The number of methoxy groups -OCH3 is 2. The van der Waals surface area contributed by atoms with Crippen molar-refractivity contribution < 1.29 is 19.1 Å². The van der Waals surface area contributed by atoms with Gasteiger partial charge in [0.1, 0.15) is 0 Å². The summed E-state index contributed by atoms with van der Waals surface area (Å²) in [4.78, 5) is 25.2. The van der Waals surface area contributed by atoms with Crippen molar-refractivity contribution in [3.05, 3.63) is 77.4 Å². The van der Waals surface area contributed by atoms with Crippen molar-refractivity contribution in [3.63, 3.8) is 0 Å². The Morgan fingerprint density at radius 2 is 1.11 bits per heavy atom. The van der Waals surface area contributed by atoms with Crippen LogP contribution in [-0.2, 0) is 19.1 Å². The van der Waals surface area contributed by atoms with E-state index in [2.05, 4.69) is 24.3 Å². The highest BCUT2D eigenvalue weighted by molar-refractivity contribution is 5.90. The average molecular weight is 376 g/mol. The minimum atomic E-state index is -0.478. The molecule has 2 fully saturated rings. The van der Waals surface area contributed by atoms with Gasteiger partial charge >= 0.3 is 11.9 Å². The van der Waals surface area contributed by atoms with Crippen LogP contribution in [-0.4, -0.2) is 26.2 Å². The summed E-state index contributed by atoms with van der Waals surface area (Å²) in [6.45, 7) is 0. The topological polar surface area (TPSA) is 52.6 Å². The highest BCUT2D eigenvalue weighted by Crippen LogP contribution is 2.59. The van der Waals surface area contributed by atoms with E-state index in [-0.39, 0.29) is 23.8 Å². The van der Waals surface area contributed by atoms with Crippen LogP contribution in [0, 0.1) is 23.7 Å². The van der Waals surface area contributed by atoms with E-state index in [1.54, 1.807) is 0 Å². The van der Waals surface area contributed by atoms with E-state index in [4.69, 9.17) is 9.47 Å². The number of hydrogen-bond donors (Lipinski definition) is 0. The fourth-order valence-corrected chi connectivity index (χ4v) is 5.17. The Bertz CT molecular complexity index is 827. The maximum atomic E-state index is 12.6. The second-order valence-corrected chi connectivity index (χ2v) is 7.45. The molecule has 2 bridgehead atoms. The molecule has 2 aliphatic rings. The molecule has 2 aromatic carbocycles. The molecule has 0 spiro atoms. The first-order valence-corrected chi connectivity index (χ1v) is 9.68. The molecular weight excluding hydrogens is 352 g/mol. The molecule has 0 heterocycles. The minimum Gasteiger partial charge on any atom is -0.469 e. The van der Waals surface area contributed by atoms with Crippen LogP contribution in [0.2, 0.25) is 0 Å². The Kier molecular flexibility index (Phi) is 5.03. The fraction of sp³-hybridized carbons (Fsp3) is 0.333. The van der Waals surface area contributed by atoms with Gasteiger partial charge in [-0.15, -0.1) is 0 Å². The van der Waals surface area contributed by atoms with Crippen LogP contribution >= 0.6 is 0 Å². The first kappa shape index (κ1) is 18.5. The zero-order valence-corrected chi connectivity index (χ0v) is 16.1. The number of rotatable bonds is 4. The van der Waals surface area contributed by atoms with Gasteiger partial charge in [0.05, 0.1) is 26.1 Å². The van der Waals surface area contributed by atoms with Gasteiger partial charge in [0.15, 0.2) is 0 Å². The molecule has 4 heteroatoms. The van der Waals surface area contributed by atoms with E-state index in [9.17, 15) is 9.59 Å². The van der Waals surface area contributed by atoms with E-state index in [1.807, 2.05) is 36.4 Å². The Hall–Kier alpha value is -2.88. The second kappa shape index (κ2) is 7.63. The number of carbonyl (C=O) groups is 2. The molecular formula is C24H24O4. The molecule has 2 aromatic rings. The zero-order valence-electron chi connectivity index (χ0n) is 16.1. The number of allylic oxidation sites excluding steroid dienone is 1. The lowest BCUT2D eigenvalue weighted by Crippen LogP contribution is -2.36.